The van der Waals surface area contributed by atoms with E-state index in [4.69, 9.17) is 0 Å². The van der Waals surface area contributed by atoms with E-state index in [1.807, 2.05) is 36.4 Å². The summed E-state index contributed by atoms with van der Waals surface area (Å²) >= 11 is 1.25. The lowest BCUT2D eigenvalue weighted by Crippen LogP contribution is -2.47. The highest BCUT2D eigenvalue weighted by molar-refractivity contribution is 8.27. The Bertz CT molecular complexity index is 825. The second-order valence-electron chi connectivity index (χ2n) is 6.47. The summed E-state index contributed by atoms with van der Waals surface area (Å²) < 4.78 is 0. The lowest BCUT2D eigenvalue weighted by molar-refractivity contribution is -0.107. The lowest BCUT2D eigenvalue weighted by atomic mass is 10.2. The normalized spacial score (nSPS) is 19.8. The zero-order chi connectivity index (χ0) is 17.8. The van der Waals surface area contributed by atoms with Crippen molar-refractivity contribution in [3.8, 4) is 0 Å². The van der Waals surface area contributed by atoms with Crippen molar-refractivity contribution in [1.29, 1.82) is 0 Å². The number of hydrogen-bond donors (Lipinski definition) is 0. The molecule has 0 atom stereocenters. The first-order chi connectivity index (χ1) is 12.8. The van der Waals surface area contributed by atoms with Crippen LogP contribution in [0.25, 0.3) is 6.08 Å². The van der Waals surface area contributed by atoms with Crippen LogP contribution in [-0.4, -0.2) is 46.3 Å². The summed E-state index contributed by atoms with van der Waals surface area (Å²) in [6.07, 6.45) is 1.87. The minimum absolute atomic E-state index is 0.0376. The molecule has 0 unspecified atom stereocenters. The average molecular weight is 363 g/mol. The molecule has 0 N–H and O–H groups in total. The molecule has 2 aromatic rings. The highest BCUT2D eigenvalue weighted by Gasteiger charge is 2.28. The number of piperazine rings is 1. The van der Waals surface area contributed by atoms with Crippen molar-refractivity contribution < 1.29 is 4.79 Å². The second kappa shape index (κ2) is 7.89. The minimum atomic E-state index is 0.0376. The van der Waals surface area contributed by atoms with E-state index in [9.17, 15) is 4.79 Å². The summed E-state index contributed by atoms with van der Waals surface area (Å²) in [4.78, 5) is 21.6. The Labute approximate surface area is 158 Å². The smallest absolute Gasteiger partial charge is 0.245 e. The third-order valence-corrected chi connectivity index (χ3v) is 5.53. The van der Waals surface area contributed by atoms with Gasteiger partial charge in [0.15, 0.2) is 5.17 Å². The fraction of sp³-hybridized carbons (Fsp3) is 0.238. The first kappa shape index (κ1) is 17.1. The molecule has 4 nitrogen and oxygen atoms in total. The Balaban J connectivity index is 1.38. The number of thioether (sulfide) groups is 1. The minimum Gasteiger partial charge on any atom is -0.348 e. The molecule has 132 valence electrons. The van der Waals surface area contributed by atoms with Crippen molar-refractivity contribution in [2.24, 2.45) is 4.99 Å². The Morgan fingerprint density at radius 1 is 0.923 bits per heavy atom. The van der Waals surface area contributed by atoms with Crippen LogP contribution in [0, 0.1) is 0 Å². The number of aliphatic imine (C=N–C) groups is 1. The van der Waals surface area contributed by atoms with Crippen molar-refractivity contribution in [2.45, 2.75) is 6.54 Å². The Morgan fingerprint density at radius 3 is 2.27 bits per heavy atom. The topological polar surface area (TPSA) is 35.9 Å². The van der Waals surface area contributed by atoms with Gasteiger partial charge in [-0.05, 0) is 29.0 Å². The molecule has 0 aliphatic carbocycles. The summed E-state index contributed by atoms with van der Waals surface area (Å²) in [6.45, 7) is 4.77. The Kier molecular flexibility index (Phi) is 5.18. The van der Waals surface area contributed by atoms with Crippen LogP contribution in [0.1, 0.15) is 11.1 Å². The van der Waals surface area contributed by atoms with Gasteiger partial charge in [0.05, 0.1) is 0 Å². The predicted octanol–water partition coefficient (Wildman–Crippen LogP) is 3.47. The molecular formula is C21H21N3OS. The molecule has 2 heterocycles. The molecule has 26 heavy (non-hydrogen) atoms. The van der Waals surface area contributed by atoms with Gasteiger partial charge < -0.3 is 4.90 Å². The highest BCUT2D eigenvalue weighted by atomic mass is 32.2. The van der Waals surface area contributed by atoms with E-state index in [1.54, 1.807) is 0 Å². The summed E-state index contributed by atoms with van der Waals surface area (Å²) in [7, 11) is 0. The van der Waals surface area contributed by atoms with E-state index >= 15 is 0 Å². The standard InChI is InChI=1S/C21H21N3OS/c25-20-19(15-17-7-3-1-4-8-17)22-21(26-20)24-13-11-23(12-14-24)16-18-9-5-2-6-10-18/h1-10,15H,11-14,16H2/b19-15+. The van der Waals surface area contributed by atoms with Gasteiger partial charge in [-0.25, -0.2) is 4.99 Å². The van der Waals surface area contributed by atoms with Crippen LogP contribution in [0.5, 0.6) is 0 Å². The maximum absolute atomic E-state index is 12.3. The number of carbonyl (C=O) groups excluding carboxylic acids is 1. The molecule has 1 fully saturated rings. The molecule has 0 radical (unpaired) electrons. The van der Waals surface area contributed by atoms with Crippen LogP contribution in [0.3, 0.4) is 0 Å². The van der Waals surface area contributed by atoms with E-state index in [0.717, 1.165) is 43.5 Å². The fourth-order valence-electron chi connectivity index (χ4n) is 3.18. The van der Waals surface area contributed by atoms with Gasteiger partial charge in [-0.3, -0.25) is 9.69 Å². The molecule has 0 aromatic heterocycles. The number of nitrogens with zero attached hydrogens (tertiary/aromatic N) is 3. The van der Waals surface area contributed by atoms with Crippen LogP contribution < -0.4 is 0 Å². The van der Waals surface area contributed by atoms with Gasteiger partial charge in [-0.1, -0.05) is 60.7 Å². The van der Waals surface area contributed by atoms with Crippen molar-refractivity contribution in [3.05, 3.63) is 77.5 Å². The summed E-state index contributed by atoms with van der Waals surface area (Å²) in [5, 5.41) is 0.882. The van der Waals surface area contributed by atoms with Crippen molar-refractivity contribution in [3.63, 3.8) is 0 Å². The highest BCUT2D eigenvalue weighted by Crippen LogP contribution is 2.27. The number of rotatable bonds is 3. The van der Waals surface area contributed by atoms with Gasteiger partial charge in [0.25, 0.3) is 0 Å². The third kappa shape index (κ3) is 4.06. The van der Waals surface area contributed by atoms with Gasteiger partial charge in [0.2, 0.25) is 5.12 Å². The zero-order valence-corrected chi connectivity index (χ0v) is 15.4. The second-order valence-corrected chi connectivity index (χ2v) is 7.41. The number of amidine groups is 1. The van der Waals surface area contributed by atoms with Gasteiger partial charge in [0, 0.05) is 32.7 Å². The van der Waals surface area contributed by atoms with Crippen molar-refractivity contribution in [2.75, 3.05) is 26.2 Å². The molecule has 0 bridgehead atoms. The van der Waals surface area contributed by atoms with Crippen LogP contribution >= 0.6 is 11.8 Å². The molecule has 0 amide bonds. The van der Waals surface area contributed by atoms with E-state index < -0.39 is 0 Å². The van der Waals surface area contributed by atoms with E-state index in [0.29, 0.717) is 5.70 Å². The lowest BCUT2D eigenvalue weighted by Gasteiger charge is -2.35. The zero-order valence-electron chi connectivity index (χ0n) is 14.5. The molecule has 5 heteroatoms. The van der Waals surface area contributed by atoms with Gasteiger partial charge in [-0.15, -0.1) is 0 Å². The van der Waals surface area contributed by atoms with E-state index in [-0.39, 0.29) is 5.12 Å². The Morgan fingerprint density at radius 2 is 1.58 bits per heavy atom. The first-order valence-corrected chi connectivity index (χ1v) is 9.68. The SMILES string of the molecule is O=C1SC(N2CCN(Cc3ccccc3)CC2)=N/C1=C/c1ccccc1. The summed E-state index contributed by atoms with van der Waals surface area (Å²) in [5.41, 5.74) is 2.90. The monoisotopic (exact) mass is 363 g/mol. The molecule has 1 saturated heterocycles. The molecule has 4 rings (SSSR count). The van der Waals surface area contributed by atoms with Gasteiger partial charge >= 0.3 is 0 Å². The van der Waals surface area contributed by atoms with Gasteiger partial charge in [-0.2, -0.15) is 0 Å². The summed E-state index contributed by atoms with van der Waals surface area (Å²) in [5.74, 6) is 0. The largest absolute Gasteiger partial charge is 0.348 e. The van der Waals surface area contributed by atoms with Crippen LogP contribution in [-0.2, 0) is 11.3 Å². The van der Waals surface area contributed by atoms with Gasteiger partial charge in [0.1, 0.15) is 5.70 Å². The molecule has 2 aliphatic heterocycles. The molecule has 0 saturated carbocycles. The Hall–Kier alpha value is -2.37. The average Bonchev–Trinajstić information content (AvgIpc) is 3.04. The van der Waals surface area contributed by atoms with Crippen LogP contribution in [0.15, 0.2) is 71.4 Å². The van der Waals surface area contributed by atoms with Crippen LogP contribution in [0.4, 0.5) is 0 Å². The molecule has 0 spiro atoms. The van der Waals surface area contributed by atoms with E-state index in [1.165, 1.54) is 17.3 Å². The maximum Gasteiger partial charge on any atom is 0.245 e. The molecular weight excluding hydrogens is 342 g/mol. The van der Waals surface area contributed by atoms with Crippen LogP contribution in [0.2, 0.25) is 0 Å². The number of carbonyl (C=O) groups is 1. The fourth-order valence-corrected chi connectivity index (χ4v) is 4.01. The molecule has 2 aromatic carbocycles. The van der Waals surface area contributed by atoms with Crippen molar-refractivity contribution in [1.82, 2.24) is 9.80 Å². The third-order valence-electron chi connectivity index (χ3n) is 4.60. The maximum atomic E-state index is 12.3. The number of hydrogen-bond acceptors (Lipinski definition) is 5. The predicted molar refractivity (Wildman–Crippen MR) is 108 cm³/mol. The van der Waals surface area contributed by atoms with E-state index in [2.05, 4.69) is 45.1 Å². The number of benzene rings is 2. The van der Waals surface area contributed by atoms with Crippen molar-refractivity contribution >= 4 is 28.1 Å². The quantitative estimate of drug-likeness (QED) is 0.783. The first-order valence-electron chi connectivity index (χ1n) is 8.87. The summed E-state index contributed by atoms with van der Waals surface area (Å²) in [6, 6.07) is 20.4. The molecule has 2 aliphatic rings.